The fourth-order valence-corrected chi connectivity index (χ4v) is 5.28. The first-order valence-electron chi connectivity index (χ1n) is 7.22. The van der Waals surface area contributed by atoms with Crippen molar-refractivity contribution in [2.24, 2.45) is 0 Å². The summed E-state index contributed by atoms with van der Waals surface area (Å²) in [4.78, 5) is 11.7. The van der Waals surface area contributed by atoms with Crippen LogP contribution < -0.4 is 4.74 Å². The first-order chi connectivity index (χ1) is 12.0. The second-order valence-electron chi connectivity index (χ2n) is 6.05. The van der Waals surface area contributed by atoms with Gasteiger partial charge in [0.15, 0.2) is 11.4 Å². The van der Waals surface area contributed by atoms with Crippen LogP contribution in [-0.4, -0.2) is 20.4 Å². The molecule has 0 aromatic heterocycles. The fraction of sp³-hybridized carbons (Fsp3) is 0.188. The van der Waals surface area contributed by atoms with Crippen molar-refractivity contribution in [3.05, 3.63) is 52.3 Å². The van der Waals surface area contributed by atoms with E-state index in [1.807, 2.05) is 0 Å². The van der Waals surface area contributed by atoms with Gasteiger partial charge in [-0.1, -0.05) is 11.6 Å². The summed E-state index contributed by atoms with van der Waals surface area (Å²) >= 11 is 5.73. The summed E-state index contributed by atoms with van der Waals surface area (Å²) in [5.74, 6) is -1.88. The molecule has 0 saturated carbocycles. The smallest absolute Gasteiger partial charge is 0.364 e. The van der Waals surface area contributed by atoms with Gasteiger partial charge >= 0.3 is 5.25 Å². The lowest BCUT2D eigenvalue weighted by Gasteiger charge is -2.25. The third-order valence-electron chi connectivity index (χ3n) is 4.45. The standard InChI is InChI=1S/C16H9ClF3NO4S/c17-7-3-8(18)5-9(4-7)25-11-1-2-12-14-13(11)10(22)6-15(14,23)16(19,20)26(12,21)24/h1-5,21,23H,6H2. The van der Waals surface area contributed by atoms with Crippen LogP contribution in [-0.2, 0) is 15.3 Å². The van der Waals surface area contributed by atoms with E-state index in [9.17, 15) is 27.3 Å². The molecular formula is C16H9ClF3NO4S. The number of carbonyl (C=O) groups is 1. The second-order valence-corrected chi connectivity index (χ2v) is 8.55. The predicted octanol–water partition coefficient (Wildman–Crippen LogP) is 4.06. The van der Waals surface area contributed by atoms with Gasteiger partial charge in [-0.05, 0) is 24.3 Å². The van der Waals surface area contributed by atoms with Gasteiger partial charge in [0.05, 0.1) is 16.9 Å². The molecular weight excluding hydrogens is 395 g/mol. The van der Waals surface area contributed by atoms with E-state index in [2.05, 4.69) is 0 Å². The Morgan fingerprint density at radius 1 is 1.27 bits per heavy atom. The second kappa shape index (κ2) is 4.99. The zero-order chi connectivity index (χ0) is 19.1. The van der Waals surface area contributed by atoms with Crippen molar-refractivity contribution >= 4 is 27.1 Å². The zero-order valence-corrected chi connectivity index (χ0v) is 14.3. The van der Waals surface area contributed by atoms with Crippen molar-refractivity contribution in [1.82, 2.24) is 0 Å². The summed E-state index contributed by atoms with van der Waals surface area (Å²) in [6.45, 7) is 0. The molecule has 1 heterocycles. The van der Waals surface area contributed by atoms with Gasteiger partial charge in [0.25, 0.3) is 0 Å². The maximum absolute atomic E-state index is 14.5. The first-order valence-corrected chi connectivity index (χ1v) is 9.16. The summed E-state index contributed by atoms with van der Waals surface area (Å²) < 4.78 is 67.6. The van der Waals surface area contributed by atoms with E-state index < -0.39 is 49.1 Å². The van der Waals surface area contributed by atoms with Crippen LogP contribution in [0.5, 0.6) is 11.5 Å². The monoisotopic (exact) mass is 403 g/mol. The van der Waals surface area contributed by atoms with Gasteiger partial charge in [-0.15, -0.1) is 0 Å². The molecule has 0 bridgehead atoms. The molecule has 2 unspecified atom stereocenters. The maximum Gasteiger partial charge on any atom is 0.364 e. The van der Waals surface area contributed by atoms with Crippen molar-refractivity contribution in [3.63, 3.8) is 0 Å². The molecule has 0 fully saturated rings. The number of nitrogens with one attached hydrogen (secondary N) is 1. The third kappa shape index (κ3) is 1.96. The minimum atomic E-state index is -4.66. The molecule has 26 heavy (non-hydrogen) atoms. The largest absolute Gasteiger partial charge is 0.456 e. The highest BCUT2D eigenvalue weighted by molar-refractivity contribution is 7.94. The third-order valence-corrected chi connectivity index (χ3v) is 6.69. The van der Waals surface area contributed by atoms with E-state index in [4.69, 9.17) is 21.1 Å². The molecule has 2 aliphatic rings. The van der Waals surface area contributed by atoms with Gasteiger partial charge < -0.3 is 9.84 Å². The molecule has 5 nitrogen and oxygen atoms in total. The summed E-state index contributed by atoms with van der Waals surface area (Å²) in [5, 5.41) is 6.10. The van der Waals surface area contributed by atoms with Crippen molar-refractivity contribution in [2.75, 3.05) is 0 Å². The van der Waals surface area contributed by atoms with Crippen molar-refractivity contribution < 1.29 is 32.0 Å². The highest BCUT2D eigenvalue weighted by Crippen LogP contribution is 2.61. The summed E-state index contributed by atoms with van der Waals surface area (Å²) in [6, 6.07) is 5.29. The van der Waals surface area contributed by atoms with E-state index in [1.54, 1.807) is 0 Å². The summed E-state index contributed by atoms with van der Waals surface area (Å²) in [5.41, 5.74) is -3.98. The average Bonchev–Trinajstić information content (AvgIpc) is 2.84. The Hall–Kier alpha value is -2.10. The molecule has 0 saturated heterocycles. The number of ether oxygens (including phenoxy) is 1. The highest BCUT2D eigenvalue weighted by atomic mass is 35.5. The van der Waals surface area contributed by atoms with E-state index in [1.165, 1.54) is 6.07 Å². The summed E-state index contributed by atoms with van der Waals surface area (Å²) in [6.07, 6.45) is -1.03. The number of halogens is 4. The molecule has 1 aliphatic heterocycles. The SMILES string of the molecule is N=S1(=O)c2ccc(Oc3cc(F)cc(Cl)c3)c3c2C(O)(CC3=O)C1(F)F. The normalized spacial score (nSPS) is 28.3. The van der Waals surface area contributed by atoms with Gasteiger partial charge in [0, 0.05) is 16.7 Å². The van der Waals surface area contributed by atoms with Crippen LogP contribution in [0.4, 0.5) is 13.2 Å². The number of carbonyl (C=O) groups excluding carboxylic acids is 1. The average molecular weight is 404 g/mol. The van der Waals surface area contributed by atoms with E-state index in [0.717, 1.165) is 24.3 Å². The Bertz CT molecular complexity index is 1080. The minimum absolute atomic E-state index is 0.0149. The van der Waals surface area contributed by atoms with Crippen LogP contribution >= 0.6 is 11.6 Å². The van der Waals surface area contributed by atoms with Gasteiger partial charge in [0.2, 0.25) is 0 Å². The van der Waals surface area contributed by atoms with Crippen molar-refractivity contribution in [2.45, 2.75) is 22.2 Å². The van der Waals surface area contributed by atoms with Gasteiger partial charge in [-0.25, -0.2) is 13.4 Å². The number of hydrogen-bond acceptors (Lipinski definition) is 5. The Balaban J connectivity index is 1.94. The quantitative estimate of drug-likeness (QED) is 0.791. The maximum atomic E-state index is 14.5. The summed E-state index contributed by atoms with van der Waals surface area (Å²) in [7, 11) is -4.66. The number of rotatable bonds is 2. The number of benzene rings is 2. The molecule has 2 aromatic rings. The molecule has 2 atom stereocenters. The minimum Gasteiger partial charge on any atom is -0.456 e. The number of aliphatic hydroxyl groups is 1. The zero-order valence-electron chi connectivity index (χ0n) is 12.7. The molecule has 0 radical (unpaired) electrons. The van der Waals surface area contributed by atoms with Crippen molar-refractivity contribution in [1.29, 1.82) is 4.78 Å². The number of alkyl halides is 2. The Morgan fingerprint density at radius 3 is 2.62 bits per heavy atom. The van der Waals surface area contributed by atoms with Crippen LogP contribution in [0.3, 0.4) is 0 Å². The Kier molecular flexibility index (Phi) is 3.33. The lowest BCUT2D eigenvalue weighted by Crippen LogP contribution is -2.43. The van der Waals surface area contributed by atoms with E-state index in [0.29, 0.717) is 0 Å². The van der Waals surface area contributed by atoms with Gasteiger partial charge in [-0.3, -0.25) is 4.79 Å². The fourth-order valence-electron chi connectivity index (χ4n) is 3.32. The first kappa shape index (κ1) is 17.3. The number of hydrogen-bond donors (Lipinski definition) is 2. The number of ketones is 1. The molecule has 4 rings (SSSR count). The van der Waals surface area contributed by atoms with Crippen molar-refractivity contribution in [3.8, 4) is 11.5 Å². The van der Waals surface area contributed by atoms with Crippen LogP contribution in [0.2, 0.25) is 5.02 Å². The van der Waals surface area contributed by atoms with E-state index in [-0.39, 0.29) is 22.1 Å². The van der Waals surface area contributed by atoms with Crippen LogP contribution in [0.15, 0.2) is 35.2 Å². The molecule has 0 amide bonds. The highest BCUT2D eigenvalue weighted by Gasteiger charge is 2.72. The Labute approximate surface area is 150 Å². The molecule has 10 heteroatoms. The number of Topliss-reactive ketones (excluding diaryl/α,β-unsaturated/α-hetero) is 1. The van der Waals surface area contributed by atoms with Gasteiger partial charge in [-0.2, -0.15) is 8.78 Å². The van der Waals surface area contributed by atoms with E-state index >= 15 is 0 Å². The molecule has 2 aromatic carbocycles. The molecule has 0 spiro atoms. The topological polar surface area (TPSA) is 87.5 Å². The lowest BCUT2D eigenvalue weighted by molar-refractivity contribution is -0.120. The molecule has 1 aliphatic carbocycles. The van der Waals surface area contributed by atoms with Crippen LogP contribution in [0.25, 0.3) is 0 Å². The van der Waals surface area contributed by atoms with Gasteiger partial charge in [0.1, 0.15) is 27.0 Å². The van der Waals surface area contributed by atoms with Crippen LogP contribution in [0, 0.1) is 10.6 Å². The molecule has 2 N–H and O–H groups in total. The Morgan fingerprint density at radius 2 is 1.96 bits per heavy atom. The van der Waals surface area contributed by atoms with Crippen LogP contribution in [0.1, 0.15) is 22.3 Å². The predicted molar refractivity (Wildman–Crippen MR) is 84.8 cm³/mol. The molecule has 136 valence electrons. The lowest BCUT2D eigenvalue weighted by atomic mass is 9.96.